The summed E-state index contributed by atoms with van der Waals surface area (Å²) >= 11 is 0. The smallest absolute Gasteiger partial charge is 0.282 e. The number of pyridine rings is 1. The minimum Gasteiger partial charge on any atom is -0.334 e. The highest BCUT2D eigenvalue weighted by Crippen LogP contribution is 2.27. The Morgan fingerprint density at radius 1 is 1.40 bits per heavy atom. The molecule has 80 valence electrons. The fraction of sp³-hybridized carbons (Fsp3) is 0.250. The van der Waals surface area contributed by atoms with Crippen LogP contribution in [0.4, 0.5) is 0 Å². The molecule has 2 heterocycles. The zero-order chi connectivity index (χ0) is 11.2. The van der Waals surface area contributed by atoms with Crippen LogP contribution in [0.1, 0.15) is 11.3 Å². The van der Waals surface area contributed by atoms with E-state index in [9.17, 15) is 8.42 Å². The van der Waals surface area contributed by atoms with Gasteiger partial charge in [0, 0.05) is 16.4 Å². The van der Waals surface area contributed by atoms with E-state index in [2.05, 4.69) is 10.1 Å². The zero-order valence-electron chi connectivity index (χ0n) is 7.98. The Labute approximate surface area is 90.5 Å². The molecule has 0 N–H and O–H groups in total. The average Bonchev–Trinajstić information content (AvgIpc) is 2.45. The van der Waals surface area contributed by atoms with Crippen LogP contribution in [0.5, 0.6) is 0 Å². The number of hydrogen-bond donors (Lipinski definition) is 0. The first-order valence-electron chi connectivity index (χ1n) is 4.08. The molecule has 2 rings (SSSR count). The Bertz CT molecular complexity index is 633. The van der Waals surface area contributed by atoms with E-state index in [1.165, 1.54) is 0 Å². The van der Waals surface area contributed by atoms with E-state index in [4.69, 9.17) is 15.2 Å². The van der Waals surface area contributed by atoms with Crippen molar-refractivity contribution in [3.8, 4) is 0 Å². The molecule has 0 amide bonds. The molecule has 0 aliphatic heterocycles. The molecule has 0 radical (unpaired) electrons. The van der Waals surface area contributed by atoms with Crippen molar-refractivity contribution in [3.63, 3.8) is 0 Å². The van der Waals surface area contributed by atoms with E-state index >= 15 is 0 Å². The van der Waals surface area contributed by atoms with Gasteiger partial charge in [0.05, 0.1) is 5.39 Å². The van der Waals surface area contributed by atoms with Gasteiger partial charge >= 0.3 is 0 Å². The van der Waals surface area contributed by atoms with Crippen LogP contribution in [0.2, 0.25) is 0 Å². The molecule has 0 bridgehead atoms. The molecule has 0 saturated carbocycles. The van der Waals surface area contributed by atoms with Crippen molar-refractivity contribution < 1.29 is 12.9 Å². The number of aromatic nitrogens is 2. The molecular formula is C8H7ClN2O3S. The lowest BCUT2D eigenvalue weighted by atomic mass is 10.2. The van der Waals surface area contributed by atoms with E-state index in [0.29, 0.717) is 5.39 Å². The van der Waals surface area contributed by atoms with Gasteiger partial charge in [0.25, 0.3) is 14.8 Å². The van der Waals surface area contributed by atoms with Crippen LogP contribution in [-0.2, 0) is 9.05 Å². The minimum atomic E-state index is -3.89. The Balaban J connectivity index is 2.93. The Morgan fingerprint density at radius 2 is 2.07 bits per heavy atom. The number of halogens is 1. The SMILES string of the molecule is Cc1cc(C)c2c(S(=O)(=O)Cl)noc2n1. The third kappa shape index (κ3) is 1.70. The van der Waals surface area contributed by atoms with Gasteiger partial charge in [-0.3, -0.25) is 0 Å². The number of aryl methyl sites for hydroxylation is 2. The summed E-state index contributed by atoms with van der Waals surface area (Å²) in [5, 5.41) is 3.48. The predicted molar refractivity (Wildman–Crippen MR) is 54.3 cm³/mol. The molecule has 0 aromatic carbocycles. The van der Waals surface area contributed by atoms with Crippen LogP contribution < -0.4 is 0 Å². The van der Waals surface area contributed by atoms with E-state index in [1.807, 2.05) is 0 Å². The maximum Gasteiger partial charge on any atom is 0.282 e. The molecule has 15 heavy (non-hydrogen) atoms. The van der Waals surface area contributed by atoms with Gasteiger partial charge in [0.2, 0.25) is 5.03 Å². The van der Waals surface area contributed by atoms with Gasteiger partial charge < -0.3 is 4.52 Å². The number of rotatable bonds is 1. The number of nitrogens with zero attached hydrogens (tertiary/aromatic N) is 2. The fourth-order valence-corrected chi connectivity index (χ4v) is 2.36. The third-order valence-corrected chi connectivity index (χ3v) is 3.15. The molecule has 0 spiro atoms. The highest BCUT2D eigenvalue weighted by Gasteiger charge is 2.22. The van der Waals surface area contributed by atoms with Gasteiger partial charge in [-0.25, -0.2) is 13.4 Å². The largest absolute Gasteiger partial charge is 0.334 e. The van der Waals surface area contributed by atoms with Crippen LogP contribution >= 0.6 is 10.7 Å². The van der Waals surface area contributed by atoms with Crippen LogP contribution in [0, 0.1) is 13.8 Å². The second kappa shape index (κ2) is 3.18. The van der Waals surface area contributed by atoms with Crippen LogP contribution in [-0.4, -0.2) is 18.6 Å². The van der Waals surface area contributed by atoms with Gasteiger partial charge in [0.1, 0.15) is 0 Å². The van der Waals surface area contributed by atoms with Gasteiger partial charge in [-0.1, -0.05) is 5.16 Å². The summed E-state index contributed by atoms with van der Waals surface area (Å²) in [6.45, 7) is 3.53. The topological polar surface area (TPSA) is 73.1 Å². The van der Waals surface area contributed by atoms with Crippen molar-refractivity contribution in [2.45, 2.75) is 18.9 Å². The molecule has 0 atom stereocenters. The fourth-order valence-electron chi connectivity index (χ4n) is 1.43. The standard InChI is InChI=1S/C8H7ClN2O3S/c1-4-3-5(2)10-7-6(4)8(11-14-7)15(9,12)13/h3H,1-2H3. The molecule has 0 fully saturated rings. The highest BCUT2D eigenvalue weighted by molar-refractivity contribution is 8.13. The Hall–Kier alpha value is -1.14. The lowest BCUT2D eigenvalue weighted by molar-refractivity contribution is 0.426. The van der Waals surface area contributed by atoms with E-state index in [1.54, 1.807) is 19.9 Å². The van der Waals surface area contributed by atoms with Gasteiger partial charge in [-0.2, -0.15) is 0 Å². The second-order valence-corrected chi connectivity index (χ2v) is 5.67. The monoisotopic (exact) mass is 246 g/mol. The maximum atomic E-state index is 11.2. The molecule has 2 aromatic rings. The summed E-state index contributed by atoms with van der Waals surface area (Å²) in [5.74, 6) is 0. The van der Waals surface area contributed by atoms with Gasteiger partial charge in [-0.15, -0.1) is 0 Å². The summed E-state index contributed by atoms with van der Waals surface area (Å²) in [5.41, 5.74) is 1.64. The van der Waals surface area contributed by atoms with Crippen LogP contribution in [0.25, 0.3) is 11.1 Å². The number of hydrogen-bond acceptors (Lipinski definition) is 5. The van der Waals surface area contributed by atoms with E-state index in [0.717, 1.165) is 11.3 Å². The van der Waals surface area contributed by atoms with Crippen molar-refractivity contribution in [2.24, 2.45) is 0 Å². The molecular weight excluding hydrogens is 240 g/mol. The normalized spacial score (nSPS) is 12.2. The summed E-state index contributed by atoms with van der Waals surface area (Å²) in [6, 6.07) is 1.74. The quantitative estimate of drug-likeness (QED) is 0.717. The molecule has 0 saturated heterocycles. The first kappa shape index (κ1) is 10.4. The third-order valence-electron chi connectivity index (χ3n) is 1.97. The first-order valence-corrected chi connectivity index (χ1v) is 6.39. The van der Waals surface area contributed by atoms with E-state index in [-0.39, 0.29) is 10.7 Å². The zero-order valence-corrected chi connectivity index (χ0v) is 9.56. The number of fused-ring (bicyclic) bond motifs is 1. The molecule has 0 aliphatic carbocycles. The van der Waals surface area contributed by atoms with Crippen molar-refractivity contribution in [1.29, 1.82) is 0 Å². The second-order valence-electron chi connectivity index (χ2n) is 3.19. The average molecular weight is 247 g/mol. The van der Waals surface area contributed by atoms with Gasteiger partial charge in [0.15, 0.2) is 0 Å². The lowest BCUT2D eigenvalue weighted by Gasteiger charge is -1.96. The van der Waals surface area contributed by atoms with Crippen molar-refractivity contribution in [2.75, 3.05) is 0 Å². The van der Waals surface area contributed by atoms with E-state index < -0.39 is 9.05 Å². The van der Waals surface area contributed by atoms with Crippen molar-refractivity contribution >= 4 is 30.8 Å². The summed E-state index contributed by atoms with van der Waals surface area (Å²) in [4.78, 5) is 4.02. The Kier molecular flexibility index (Phi) is 2.20. The highest BCUT2D eigenvalue weighted by atomic mass is 35.7. The minimum absolute atomic E-state index is 0.187. The van der Waals surface area contributed by atoms with Gasteiger partial charge in [-0.05, 0) is 25.5 Å². The summed E-state index contributed by atoms with van der Waals surface area (Å²) < 4.78 is 27.1. The molecule has 2 aromatic heterocycles. The first-order chi connectivity index (χ1) is 6.89. The van der Waals surface area contributed by atoms with Crippen molar-refractivity contribution in [1.82, 2.24) is 10.1 Å². The molecule has 0 unspecified atom stereocenters. The summed E-state index contributed by atoms with van der Waals surface area (Å²) in [6.07, 6.45) is 0. The Morgan fingerprint density at radius 3 is 2.67 bits per heavy atom. The van der Waals surface area contributed by atoms with Crippen LogP contribution in [0.3, 0.4) is 0 Å². The predicted octanol–water partition coefficient (Wildman–Crippen LogP) is 1.77. The lowest BCUT2D eigenvalue weighted by Crippen LogP contribution is -1.93. The summed E-state index contributed by atoms with van der Waals surface area (Å²) in [7, 11) is 1.32. The van der Waals surface area contributed by atoms with Crippen molar-refractivity contribution in [3.05, 3.63) is 17.3 Å². The molecule has 5 nitrogen and oxygen atoms in total. The van der Waals surface area contributed by atoms with Crippen LogP contribution in [0.15, 0.2) is 15.6 Å². The maximum absolute atomic E-state index is 11.2. The molecule has 7 heteroatoms. The molecule has 0 aliphatic rings.